The molecule has 0 unspecified atom stereocenters. The van der Waals surface area contributed by atoms with Crippen LogP contribution in [0.3, 0.4) is 0 Å². The van der Waals surface area contributed by atoms with Gasteiger partial charge in [0.1, 0.15) is 0 Å². The Kier molecular flexibility index (Phi) is 2.90. The van der Waals surface area contributed by atoms with Crippen molar-refractivity contribution in [1.82, 2.24) is 4.98 Å². The van der Waals surface area contributed by atoms with E-state index in [0.717, 1.165) is 11.9 Å². The minimum Gasteiger partial charge on any atom is -0.256 e. The van der Waals surface area contributed by atoms with Gasteiger partial charge in [-0.3, -0.25) is 4.98 Å². The molecule has 1 heteroatoms. The predicted molar refractivity (Wildman–Crippen MR) is 93.1 cm³/mol. The fraction of sp³-hybridized carbons (Fsp3) is 0.190. The van der Waals surface area contributed by atoms with Crippen LogP contribution < -0.4 is 0 Å². The predicted octanol–water partition coefficient (Wildman–Crippen LogP) is 5.20. The van der Waals surface area contributed by atoms with E-state index in [-0.39, 0.29) is 0 Å². The van der Waals surface area contributed by atoms with Crippen molar-refractivity contribution in [2.45, 2.75) is 26.2 Å². The van der Waals surface area contributed by atoms with Crippen LogP contribution in [0.15, 0.2) is 55.2 Å². The maximum absolute atomic E-state index is 4.46. The van der Waals surface area contributed by atoms with Crippen LogP contribution in [0.4, 0.5) is 0 Å². The molecule has 1 atom stereocenters. The number of aromatic nitrogens is 1. The lowest BCUT2D eigenvalue weighted by atomic mass is 9.91. The zero-order valence-corrected chi connectivity index (χ0v) is 13.1. The van der Waals surface area contributed by atoms with Gasteiger partial charge in [-0.05, 0) is 66.3 Å². The lowest BCUT2D eigenvalue weighted by molar-refractivity contribution is 0.901. The quantitative estimate of drug-likeness (QED) is 0.598. The highest BCUT2D eigenvalue weighted by Crippen LogP contribution is 2.43. The van der Waals surface area contributed by atoms with E-state index in [2.05, 4.69) is 67.9 Å². The van der Waals surface area contributed by atoms with Gasteiger partial charge in [0.25, 0.3) is 0 Å². The lowest BCUT2D eigenvalue weighted by Gasteiger charge is -2.13. The molecule has 1 aliphatic carbocycles. The lowest BCUT2D eigenvalue weighted by Crippen LogP contribution is -1.97. The van der Waals surface area contributed by atoms with Gasteiger partial charge in [0.15, 0.2) is 0 Å². The van der Waals surface area contributed by atoms with E-state index in [1.807, 2.05) is 6.20 Å². The van der Waals surface area contributed by atoms with Crippen molar-refractivity contribution in [2.75, 3.05) is 0 Å². The highest BCUT2D eigenvalue weighted by Gasteiger charge is 2.26. The first-order valence-electron chi connectivity index (χ1n) is 7.77. The molecular weight excluding hydrogens is 266 g/mol. The summed E-state index contributed by atoms with van der Waals surface area (Å²) in [7, 11) is 0. The van der Waals surface area contributed by atoms with Crippen molar-refractivity contribution in [3.63, 3.8) is 0 Å². The van der Waals surface area contributed by atoms with Gasteiger partial charge in [-0.25, -0.2) is 0 Å². The van der Waals surface area contributed by atoms with Crippen LogP contribution in [0, 0.1) is 13.8 Å². The Labute approximate surface area is 131 Å². The van der Waals surface area contributed by atoms with Gasteiger partial charge in [-0.2, -0.15) is 0 Å². The summed E-state index contributed by atoms with van der Waals surface area (Å²) in [5, 5.41) is 1.25. The third-order valence-electron chi connectivity index (χ3n) is 4.84. The number of hydrogen-bond acceptors (Lipinski definition) is 1. The summed E-state index contributed by atoms with van der Waals surface area (Å²) in [6, 6.07) is 15.4. The smallest absolute Gasteiger partial charge is 0.0704 e. The van der Waals surface area contributed by atoms with Crippen molar-refractivity contribution < 1.29 is 0 Å². The standard InChI is InChI=1S/C21H19N/c1-13-4-5-16-12-20(15(3)19(16)10-13)17-6-7-21-18(11-17)14(2)8-9-22-21/h4-11,20H,3,12H2,1-2H3/t20-/m0/s1. The Bertz CT molecular complexity index is 905. The van der Waals surface area contributed by atoms with Gasteiger partial charge >= 0.3 is 0 Å². The number of rotatable bonds is 1. The van der Waals surface area contributed by atoms with E-state index in [0.29, 0.717) is 5.92 Å². The van der Waals surface area contributed by atoms with Crippen LogP contribution in [0.1, 0.15) is 33.7 Å². The third kappa shape index (κ3) is 1.97. The zero-order chi connectivity index (χ0) is 15.3. The van der Waals surface area contributed by atoms with Gasteiger partial charge < -0.3 is 0 Å². The highest BCUT2D eigenvalue weighted by molar-refractivity contribution is 5.84. The summed E-state index contributed by atoms with van der Waals surface area (Å²) >= 11 is 0. The van der Waals surface area contributed by atoms with Crippen molar-refractivity contribution in [3.8, 4) is 0 Å². The molecule has 0 saturated carbocycles. The van der Waals surface area contributed by atoms with Crippen LogP contribution in [0.5, 0.6) is 0 Å². The Hall–Kier alpha value is -2.41. The molecule has 108 valence electrons. The summed E-state index contributed by atoms with van der Waals surface area (Å²) in [6.45, 7) is 8.67. The van der Waals surface area contributed by atoms with E-state index < -0.39 is 0 Å². The van der Waals surface area contributed by atoms with Gasteiger partial charge in [0.05, 0.1) is 5.52 Å². The first-order valence-corrected chi connectivity index (χ1v) is 7.77. The van der Waals surface area contributed by atoms with E-state index in [1.54, 1.807) is 0 Å². The summed E-state index contributed by atoms with van der Waals surface area (Å²) < 4.78 is 0. The Balaban J connectivity index is 1.81. The number of hydrogen-bond donors (Lipinski definition) is 0. The first kappa shape index (κ1) is 13.3. The molecule has 0 N–H and O–H groups in total. The van der Waals surface area contributed by atoms with Crippen LogP contribution in [0.25, 0.3) is 16.5 Å². The monoisotopic (exact) mass is 285 g/mol. The molecule has 22 heavy (non-hydrogen) atoms. The summed E-state index contributed by atoms with van der Waals surface area (Å²) in [5.41, 5.74) is 9.02. The molecule has 1 aliphatic rings. The molecule has 1 aromatic heterocycles. The molecule has 0 fully saturated rings. The van der Waals surface area contributed by atoms with Crippen LogP contribution >= 0.6 is 0 Å². The van der Waals surface area contributed by atoms with Gasteiger partial charge in [0, 0.05) is 17.5 Å². The average Bonchev–Trinajstić information content (AvgIpc) is 2.84. The van der Waals surface area contributed by atoms with E-state index in [1.165, 1.54) is 38.8 Å². The van der Waals surface area contributed by atoms with Gasteiger partial charge in [0.2, 0.25) is 0 Å². The molecule has 0 bridgehead atoms. The number of aryl methyl sites for hydroxylation is 2. The van der Waals surface area contributed by atoms with Crippen molar-refractivity contribution in [1.29, 1.82) is 0 Å². The van der Waals surface area contributed by atoms with E-state index in [9.17, 15) is 0 Å². The summed E-state index contributed by atoms with van der Waals surface area (Å²) in [5.74, 6) is 0.390. The third-order valence-corrected chi connectivity index (χ3v) is 4.84. The fourth-order valence-electron chi connectivity index (χ4n) is 3.54. The normalized spacial score (nSPS) is 17.0. The fourth-order valence-corrected chi connectivity index (χ4v) is 3.54. The molecule has 3 aromatic rings. The molecule has 0 saturated heterocycles. The Morgan fingerprint density at radius 3 is 2.77 bits per heavy atom. The van der Waals surface area contributed by atoms with Crippen LogP contribution in [0.2, 0.25) is 0 Å². The topological polar surface area (TPSA) is 12.9 Å². The summed E-state index contributed by atoms with van der Waals surface area (Å²) in [4.78, 5) is 4.46. The number of nitrogens with zero attached hydrogens (tertiary/aromatic N) is 1. The molecule has 0 radical (unpaired) electrons. The summed E-state index contributed by atoms with van der Waals surface area (Å²) in [6.07, 6.45) is 2.93. The van der Waals surface area contributed by atoms with E-state index >= 15 is 0 Å². The Morgan fingerprint density at radius 1 is 1.05 bits per heavy atom. The highest BCUT2D eigenvalue weighted by atomic mass is 14.6. The molecule has 1 heterocycles. The average molecular weight is 285 g/mol. The molecule has 0 amide bonds. The minimum absolute atomic E-state index is 0.390. The molecular formula is C21H19N. The first-order chi connectivity index (χ1) is 10.6. The second-order valence-corrected chi connectivity index (χ2v) is 6.35. The SMILES string of the molecule is C=C1c2cc(C)ccc2C[C@@H]1c1ccc2nccc(C)c2c1. The van der Waals surface area contributed by atoms with Crippen LogP contribution in [-0.4, -0.2) is 4.98 Å². The molecule has 0 spiro atoms. The zero-order valence-electron chi connectivity index (χ0n) is 13.1. The number of benzene rings is 2. The van der Waals surface area contributed by atoms with Crippen LogP contribution in [-0.2, 0) is 6.42 Å². The van der Waals surface area contributed by atoms with E-state index in [4.69, 9.17) is 0 Å². The molecule has 4 rings (SSSR count). The Morgan fingerprint density at radius 2 is 1.91 bits per heavy atom. The number of pyridine rings is 1. The molecule has 0 aliphatic heterocycles. The second kappa shape index (κ2) is 4.81. The molecule has 1 nitrogen and oxygen atoms in total. The maximum Gasteiger partial charge on any atom is 0.0704 e. The molecule has 2 aromatic carbocycles. The van der Waals surface area contributed by atoms with Gasteiger partial charge in [-0.15, -0.1) is 0 Å². The maximum atomic E-state index is 4.46. The largest absolute Gasteiger partial charge is 0.256 e. The minimum atomic E-state index is 0.390. The second-order valence-electron chi connectivity index (χ2n) is 6.35. The van der Waals surface area contributed by atoms with Crippen molar-refractivity contribution in [2.24, 2.45) is 0 Å². The number of allylic oxidation sites excluding steroid dienone is 1. The van der Waals surface area contributed by atoms with Crippen molar-refractivity contribution in [3.05, 3.63) is 83.1 Å². The number of fused-ring (bicyclic) bond motifs is 2. The van der Waals surface area contributed by atoms with Crippen molar-refractivity contribution >= 4 is 16.5 Å². The van der Waals surface area contributed by atoms with Gasteiger partial charge in [-0.1, -0.05) is 36.4 Å².